The summed E-state index contributed by atoms with van der Waals surface area (Å²) in [6.07, 6.45) is 2.08. The Balaban J connectivity index is 1.80. The Kier molecular flexibility index (Phi) is 4.38. The van der Waals surface area contributed by atoms with Crippen molar-refractivity contribution in [3.8, 4) is 16.9 Å². The molecular weight excluding hydrogens is 336 g/mol. The number of para-hydroxylation sites is 1. The zero-order valence-corrected chi connectivity index (χ0v) is 15.3. The van der Waals surface area contributed by atoms with E-state index in [1.165, 1.54) is 0 Å². The SMILES string of the molecule is COc1ccc2c(c1)c(-c1ccccc1NC(=O)c1ccccc1)cn2C. The molecule has 0 fully saturated rings. The second kappa shape index (κ2) is 7.00. The van der Waals surface area contributed by atoms with Gasteiger partial charge in [-0.3, -0.25) is 4.79 Å². The minimum absolute atomic E-state index is 0.124. The molecule has 4 nitrogen and oxygen atoms in total. The third-order valence-corrected chi connectivity index (χ3v) is 4.70. The summed E-state index contributed by atoms with van der Waals surface area (Å²) in [5.41, 5.74) is 4.54. The number of fused-ring (bicyclic) bond motifs is 1. The van der Waals surface area contributed by atoms with Gasteiger partial charge in [-0.1, -0.05) is 36.4 Å². The first-order valence-corrected chi connectivity index (χ1v) is 8.76. The summed E-state index contributed by atoms with van der Waals surface area (Å²) in [6, 6.07) is 23.1. The number of aromatic nitrogens is 1. The minimum Gasteiger partial charge on any atom is -0.497 e. The molecule has 0 radical (unpaired) electrons. The van der Waals surface area contributed by atoms with Crippen molar-refractivity contribution < 1.29 is 9.53 Å². The normalized spacial score (nSPS) is 10.7. The first-order chi connectivity index (χ1) is 13.2. The van der Waals surface area contributed by atoms with E-state index in [1.54, 1.807) is 19.2 Å². The zero-order chi connectivity index (χ0) is 18.8. The Hall–Kier alpha value is -3.53. The minimum atomic E-state index is -0.124. The van der Waals surface area contributed by atoms with Gasteiger partial charge in [-0.05, 0) is 36.4 Å². The molecule has 0 bridgehead atoms. The predicted octanol–water partition coefficient (Wildman–Crippen LogP) is 5.11. The van der Waals surface area contributed by atoms with Crippen LogP contribution in [0.2, 0.25) is 0 Å². The topological polar surface area (TPSA) is 43.3 Å². The number of amides is 1. The Morgan fingerprint density at radius 1 is 0.926 bits per heavy atom. The summed E-state index contributed by atoms with van der Waals surface area (Å²) in [6.45, 7) is 0. The lowest BCUT2D eigenvalue weighted by Gasteiger charge is -2.11. The highest BCUT2D eigenvalue weighted by Gasteiger charge is 2.15. The van der Waals surface area contributed by atoms with Crippen LogP contribution in [0.4, 0.5) is 5.69 Å². The lowest BCUT2D eigenvalue weighted by atomic mass is 10.0. The largest absolute Gasteiger partial charge is 0.497 e. The van der Waals surface area contributed by atoms with Crippen LogP contribution in [0.15, 0.2) is 79.0 Å². The van der Waals surface area contributed by atoms with E-state index >= 15 is 0 Å². The van der Waals surface area contributed by atoms with E-state index in [-0.39, 0.29) is 5.91 Å². The van der Waals surface area contributed by atoms with E-state index in [4.69, 9.17) is 4.74 Å². The van der Waals surface area contributed by atoms with Gasteiger partial charge in [0.15, 0.2) is 0 Å². The maximum Gasteiger partial charge on any atom is 0.255 e. The molecule has 0 aliphatic carbocycles. The fraction of sp³-hybridized carbons (Fsp3) is 0.0870. The average molecular weight is 356 g/mol. The second-order valence-corrected chi connectivity index (χ2v) is 6.40. The second-order valence-electron chi connectivity index (χ2n) is 6.40. The summed E-state index contributed by atoms with van der Waals surface area (Å²) in [7, 11) is 3.68. The number of nitrogens with zero attached hydrogens (tertiary/aromatic N) is 1. The summed E-state index contributed by atoms with van der Waals surface area (Å²) in [5.74, 6) is 0.682. The van der Waals surface area contributed by atoms with Crippen molar-refractivity contribution in [1.82, 2.24) is 4.57 Å². The fourth-order valence-corrected chi connectivity index (χ4v) is 3.32. The maximum atomic E-state index is 12.6. The standard InChI is InChI=1S/C23H20N2O2/c1-25-15-20(19-14-17(27-2)12-13-22(19)25)18-10-6-7-11-21(18)24-23(26)16-8-4-3-5-9-16/h3-15H,1-2H3,(H,24,26). The van der Waals surface area contributed by atoms with Gasteiger partial charge in [-0.25, -0.2) is 0 Å². The quantitative estimate of drug-likeness (QED) is 0.552. The molecule has 1 N–H and O–H groups in total. The fourth-order valence-electron chi connectivity index (χ4n) is 3.32. The Morgan fingerprint density at radius 3 is 2.44 bits per heavy atom. The van der Waals surface area contributed by atoms with Crippen LogP contribution in [0.5, 0.6) is 5.75 Å². The Labute approximate surface area is 158 Å². The van der Waals surface area contributed by atoms with Crippen LogP contribution in [0, 0.1) is 0 Å². The van der Waals surface area contributed by atoms with E-state index in [0.29, 0.717) is 5.56 Å². The molecule has 0 spiro atoms. The van der Waals surface area contributed by atoms with Crippen molar-refractivity contribution in [2.45, 2.75) is 0 Å². The number of nitrogens with one attached hydrogen (secondary N) is 1. The molecule has 1 amide bonds. The van der Waals surface area contributed by atoms with E-state index in [0.717, 1.165) is 33.5 Å². The van der Waals surface area contributed by atoms with E-state index < -0.39 is 0 Å². The molecule has 0 saturated carbocycles. The van der Waals surface area contributed by atoms with Crippen LogP contribution in [0.1, 0.15) is 10.4 Å². The van der Waals surface area contributed by atoms with Crippen molar-refractivity contribution in [2.24, 2.45) is 7.05 Å². The van der Waals surface area contributed by atoms with Crippen molar-refractivity contribution in [2.75, 3.05) is 12.4 Å². The first kappa shape index (κ1) is 16.9. The van der Waals surface area contributed by atoms with Gasteiger partial charge in [0.25, 0.3) is 5.91 Å². The van der Waals surface area contributed by atoms with E-state index in [2.05, 4.69) is 16.1 Å². The van der Waals surface area contributed by atoms with Gasteiger partial charge < -0.3 is 14.6 Å². The number of hydrogen-bond acceptors (Lipinski definition) is 2. The Morgan fingerprint density at radius 2 is 1.67 bits per heavy atom. The van der Waals surface area contributed by atoms with Gasteiger partial charge in [0, 0.05) is 46.5 Å². The third-order valence-electron chi connectivity index (χ3n) is 4.70. The summed E-state index contributed by atoms with van der Waals surface area (Å²) >= 11 is 0. The van der Waals surface area contributed by atoms with Crippen LogP contribution in [-0.2, 0) is 7.05 Å². The third kappa shape index (κ3) is 3.17. The van der Waals surface area contributed by atoms with Gasteiger partial charge in [0.2, 0.25) is 0 Å². The molecule has 3 aromatic carbocycles. The molecule has 134 valence electrons. The van der Waals surface area contributed by atoms with E-state index in [9.17, 15) is 4.79 Å². The number of benzene rings is 3. The smallest absolute Gasteiger partial charge is 0.255 e. The predicted molar refractivity (Wildman–Crippen MR) is 109 cm³/mol. The molecule has 0 aliphatic heterocycles. The number of methoxy groups -OCH3 is 1. The molecule has 4 aromatic rings. The summed E-state index contributed by atoms with van der Waals surface area (Å²) < 4.78 is 7.48. The molecule has 4 heteroatoms. The van der Waals surface area contributed by atoms with Crippen molar-refractivity contribution in [3.05, 3.63) is 84.6 Å². The van der Waals surface area contributed by atoms with Crippen LogP contribution < -0.4 is 10.1 Å². The molecule has 4 rings (SSSR count). The van der Waals surface area contributed by atoms with Gasteiger partial charge in [0.05, 0.1) is 7.11 Å². The lowest BCUT2D eigenvalue weighted by Crippen LogP contribution is -2.12. The van der Waals surface area contributed by atoms with Crippen LogP contribution in [0.25, 0.3) is 22.0 Å². The Bertz CT molecular complexity index is 1110. The molecule has 1 heterocycles. The number of carbonyl (C=O) groups excluding carboxylic acids is 1. The number of carbonyl (C=O) groups is 1. The number of aryl methyl sites for hydroxylation is 1. The van der Waals surface area contributed by atoms with Gasteiger partial charge in [0.1, 0.15) is 5.75 Å². The first-order valence-electron chi connectivity index (χ1n) is 8.76. The molecular formula is C23H20N2O2. The molecule has 0 atom stereocenters. The van der Waals surface area contributed by atoms with Crippen molar-refractivity contribution >= 4 is 22.5 Å². The zero-order valence-electron chi connectivity index (χ0n) is 15.3. The monoisotopic (exact) mass is 356 g/mol. The number of hydrogen-bond donors (Lipinski definition) is 1. The van der Waals surface area contributed by atoms with Crippen molar-refractivity contribution in [1.29, 1.82) is 0 Å². The molecule has 0 unspecified atom stereocenters. The maximum absolute atomic E-state index is 12.6. The molecule has 1 aromatic heterocycles. The number of anilines is 1. The molecule has 27 heavy (non-hydrogen) atoms. The average Bonchev–Trinajstić information content (AvgIpc) is 3.04. The van der Waals surface area contributed by atoms with Gasteiger partial charge in [-0.15, -0.1) is 0 Å². The number of rotatable bonds is 4. The lowest BCUT2D eigenvalue weighted by molar-refractivity contribution is 0.102. The summed E-state index contributed by atoms with van der Waals surface area (Å²) in [5, 5.41) is 4.13. The molecule has 0 saturated heterocycles. The highest BCUT2D eigenvalue weighted by molar-refractivity contribution is 6.08. The van der Waals surface area contributed by atoms with Crippen LogP contribution in [0.3, 0.4) is 0 Å². The molecule has 0 aliphatic rings. The van der Waals surface area contributed by atoms with Crippen LogP contribution in [-0.4, -0.2) is 17.6 Å². The number of ether oxygens (including phenoxy) is 1. The van der Waals surface area contributed by atoms with Gasteiger partial charge >= 0.3 is 0 Å². The van der Waals surface area contributed by atoms with Gasteiger partial charge in [-0.2, -0.15) is 0 Å². The van der Waals surface area contributed by atoms with Crippen molar-refractivity contribution in [3.63, 3.8) is 0 Å². The highest BCUT2D eigenvalue weighted by Crippen LogP contribution is 2.36. The summed E-state index contributed by atoms with van der Waals surface area (Å²) in [4.78, 5) is 12.6. The highest BCUT2D eigenvalue weighted by atomic mass is 16.5. The van der Waals surface area contributed by atoms with E-state index in [1.807, 2.05) is 67.7 Å². The van der Waals surface area contributed by atoms with Crippen LogP contribution >= 0.6 is 0 Å².